The van der Waals surface area contributed by atoms with Gasteiger partial charge in [0.25, 0.3) is 0 Å². The van der Waals surface area contributed by atoms with E-state index in [9.17, 15) is 4.79 Å². The van der Waals surface area contributed by atoms with Crippen LogP contribution in [0.25, 0.3) is 0 Å². The number of nitrogens with one attached hydrogen (secondary N) is 2. The predicted octanol–water partition coefficient (Wildman–Crippen LogP) is 2.44. The first-order valence-corrected chi connectivity index (χ1v) is 7.30. The number of rotatable bonds is 8. The molecule has 0 aliphatic heterocycles. The zero-order valence-corrected chi connectivity index (χ0v) is 11.7. The Balaban J connectivity index is 1.52. The lowest BCUT2D eigenvalue weighted by atomic mass is 9.98. The molecule has 0 aromatic heterocycles. The van der Waals surface area contributed by atoms with Gasteiger partial charge in [0.05, 0.1) is 0 Å². The van der Waals surface area contributed by atoms with E-state index < -0.39 is 0 Å². The largest absolute Gasteiger partial charge is 0.353 e. The summed E-state index contributed by atoms with van der Waals surface area (Å²) >= 11 is 0. The van der Waals surface area contributed by atoms with Crippen molar-refractivity contribution in [2.75, 3.05) is 13.1 Å². The lowest BCUT2D eigenvalue weighted by molar-refractivity contribution is -0.121. The van der Waals surface area contributed by atoms with Crippen molar-refractivity contribution < 1.29 is 4.79 Å². The van der Waals surface area contributed by atoms with Crippen molar-refractivity contribution in [3.63, 3.8) is 0 Å². The van der Waals surface area contributed by atoms with Crippen LogP contribution in [0.5, 0.6) is 0 Å². The fourth-order valence-corrected chi connectivity index (χ4v) is 2.12. The Labute approximate surface area is 115 Å². The molecule has 1 aromatic carbocycles. The fourth-order valence-electron chi connectivity index (χ4n) is 2.12. The van der Waals surface area contributed by atoms with Gasteiger partial charge in [0.15, 0.2) is 0 Å². The van der Waals surface area contributed by atoms with E-state index in [0.717, 1.165) is 32.4 Å². The van der Waals surface area contributed by atoms with Crippen molar-refractivity contribution >= 4 is 5.91 Å². The summed E-state index contributed by atoms with van der Waals surface area (Å²) in [6.07, 6.45) is 4.02. The van der Waals surface area contributed by atoms with Crippen LogP contribution in [-0.2, 0) is 4.79 Å². The van der Waals surface area contributed by atoms with Crippen LogP contribution in [0.1, 0.15) is 44.1 Å². The van der Waals surface area contributed by atoms with Gasteiger partial charge in [-0.25, -0.2) is 0 Å². The van der Waals surface area contributed by atoms with Crippen LogP contribution in [0.15, 0.2) is 30.3 Å². The molecule has 0 heterocycles. The minimum absolute atomic E-state index is 0.186. The number of carbonyl (C=O) groups is 1. The van der Waals surface area contributed by atoms with E-state index in [1.165, 1.54) is 5.56 Å². The van der Waals surface area contributed by atoms with Crippen LogP contribution in [0, 0.1) is 0 Å². The number of amides is 1. The maximum absolute atomic E-state index is 11.5. The van der Waals surface area contributed by atoms with E-state index in [1.807, 2.05) is 6.07 Å². The lowest BCUT2D eigenvalue weighted by Crippen LogP contribution is -2.29. The smallest absolute Gasteiger partial charge is 0.221 e. The highest BCUT2D eigenvalue weighted by Gasteiger charge is 2.22. The van der Waals surface area contributed by atoms with E-state index in [0.29, 0.717) is 18.4 Å². The highest BCUT2D eigenvalue weighted by atomic mass is 16.1. The fraction of sp³-hybridized carbons (Fsp3) is 0.562. The highest BCUT2D eigenvalue weighted by Crippen LogP contribution is 2.18. The maximum Gasteiger partial charge on any atom is 0.221 e. The molecule has 1 aliphatic rings. The third-order valence-corrected chi connectivity index (χ3v) is 3.59. The van der Waals surface area contributed by atoms with Crippen LogP contribution >= 0.6 is 0 Å². The SMILES string of the molecule is CC(CCNCCC(=O)NC1CC1)c1ccccc1. The van der Waals surface area contributed by atoms with Gasteiger partial charge >= 0.3 is 0 Å². The zero-order chi connectivity index (χ0) is 13.5. The number of carbonyl (C=O) groups excluding carboxylic acids is 1. The second-order valence-corrected chi connectivity index (χ2v) is 5.44. The van der Waals surface area contributed by atoms with E-state index in [-0.39, 0.29) is 5.91 Å². The molecule has 1 unspecified atom stereocenters. The second kappa shape index (κ2) is 7.29. The van der Waals surface area contributed by atoms with Crippen molar-refractivity contribution in [3.05, 3.63) is 35.9 Å². The van der Waals surface area contributed by atoms with Crippen LogP contribution < -0.4 is 10.6 Å². The molecule has 104 valence electrons. The first kappa shape index (κ1) is 14.1. The molecule has 1 saturated carbocycles. The molecular formula is C16H24N2O. The number of hydrogen-bond acceptors (Lipinski definition) is 2. The Morgan fingerprint density at radius 1 is 1.26 bits per heavy atom. The topological polar surface area (TPSA) is 41.1 Å². The molecule has 0 radical (unpaired) electrons. The summed E-state index contributed by atoms with van der Waals surface area (Å²) in [6.45, 7) is 3.99. The number of hydrogen-bond donors (Lipinski definition) is 2. The number of benzene rings is 1. The Bertz CT molecular complexity index is 387. The second-order valence-electron chi connectivity index (χ2n) is 5.44. The van der Waals surface area contributed by atoms with Gasteiger partial charge in [0.2, 0.25) is 5.91 Å². The Kier molecular flexibility index (Phi) is 5.40. The summed E-state index contributed by atoms with van der Waals surface area (Å²) in [5.41, 5.74) is 1.38. The van der Waals surface area contributed by atoms with Crippen molar-refractivity contribution in [2.24, 2.45) is 0 Å². The van der Waals surface area contributed by atoms with Gasteiger partial charge in [0.1, 0.15) is 0 Å². The third-order valence-electron chi connectivity index (χ3n) is 3.59. The van der Waals surface area contributed by atoms with Gasteiger partial charge in [-0.05, 0) is 37.3 Å². The van der Waals surface area contributed by atoms with E-state index in [2.05, 4.69) is 41.8 Å². The third kappa shape index (κ3) is 5.43. The van der Waals surface area contributed by atoms with Gasteiger partial charge < -0.3 is 10.6 Å². The van der Waals surface area contributed by atoms with Crippen LogP contribution in [0.3, 0.4) is 0 Å². The molecule has 3 heteroatoms. The van der Waals surface area contributed by atoms with Crippen LogP contribution in [0.4, 0.5) is 0 Å². The Morgan fingerprint density at radius 2 is 2.00 bits per heavy atom. The molecule has 2 N–H and O–H groups in total. The summed E-state index contributed by atoms with van der Waals surface area (Å²) in [6, 6.07) is 11.0. The predicted molar refractivity (Wildman–Crippen MR) is 78.1 cm³/mol. The minimum Gasteiger partial charge on any atom is -0.353 e. The molecule has 0 spiro atoms. The van der Waals surface area contributed by atoms with Gasteiger partial charge in [-0.2, -0.15) is 0 Å². The monoisotopic (exact) mass is 260 g/mol. The van der Waals surface area contributed by atoms with Crippen LogP contribution in [0.2, 0.25) is 0 Å². The Hall–Kier alpha value is -1.35. The molecule has 2 rings (SSSR count). The van der Waals surface area contributed by atoms with Crippen molar-refractivity contribution in [1.82, 2.24) is 10.6 Å². The minimum atomic E-state index is 0.186. The summed E-state index contributed by atoms with van der Waals surface area (Å²) in [4.78, 5) is 11.5. The lowest BCUT2D eigenvalue weighted by Gasteiger charge is -2.12. The normalized spacial score (nSPS) is 16.1. The molecule has 3 nitrogen and oxygen atoms in total. The molecule has 0 saturated heterocycles. The molecule has 0 bridgehead atoms. The standard InChI is InChI=1S/C16H24N2O/c1-13(14-5-3-2-4-6-14)9-11-17-12-10-16(19)18-15-7-8-15/h2-6,13,15,17H,7-12H2,1H3,(H,18,19). The van der Waals surface area contributed by atoms with E-state index in [1.54, 1.807) is 0 Å². The first-order valence-electron chi connectivity index (χ1n) is 7.30. The summed E-state index contributed by atoms with van der Waals surface area (Å²) in [5.74, 6) is 0.750. The van der Waals surface area contributed by atoms with Gasteiger partial charge in [-0.15, -0.1) is 0 Å². The van der Waals surface area contributed by atoms with E-state index >= 15 is 0 Å². The van der Waals surface area contributed by atoms with Gasteiger partial charge in [-0.1, -0.05) is 37.3 Å². The molecule has 19 heavy (non-hydrogen) atoms. The maximum atomic E-state index is 11.5. The van der Waals surface area contributed by atoms with Gasteiger partial charge in [-0.3, -0.25) is 4.79 Å². The molecule has 1 aromatic rings. The van der Waals surface area contributed by atoms with Crippen molar-refractivity contribution in [3.8, 4) is 0 Å². The quantitative estimate of drug-likeness (QED) is 0.705. The molecule has 1 fully saturated rings. The van der Waals surface area contributed by atoms with Crippen LogP contribution in [-0.4, -0.2) is 25.0 Å². The highest BCUT2D eigenvalue weighted by molar-refractivity contribution is 5.76. The molecule has 1 aliphatic carbocycles. The average molecular weight is 260 g/mol. The average Bonchev–Trinajstić information content (AvgIpc) is 3.23. The molecular weight excluding hydrogens is 236 g/mol. The molecule has 1 atom stereocenters. The van der Waals surface area contributed by atoms with Crippen molar-refractivity contribution in [2.45, 2.75) is 44.6 Å². The summed E-state index contributed by atoms with van der Waals surface area (Å²) < 4.78 is 0. The first-order chi connectivity index (χ1) is 9.25. The summed E-state index contributed by atoms with van der Waals surface area (Å²) in [5, 5.41) is 6.35. The van der Waals surface area contributed by atoms with E-state index in [4.69, 9.17) is 0 Å². The zero-order valence-electron chi connectivity index (χ0n) is 11.7. The molecule has 1 amide bonds. The van der Waals surface area contributed by atoms with Crippen molar-refractivity contribution in [1.29, 1.82) is 0 Å². The summed E-state index contributed by atoms with van der Waals surface area (Å²) in [7, 11) is 0. The van der Waals surface area contributed by atoms with Gasteiger partial charge in [0, 0.05) is 19.0 Å². The Morgan fingerprint density at radius 3 is 2.68 bits per heavy atom.